The number of rotatable bonds is 4. The van der Waals surface area contributed by atoms with Gasteiger partial charge in [-0.05, 0) is 43.4 Å². The quantitative estimate of drug-likeness (QED) is 0.894. The lowest BCUT2D eigenvalue weighted by molar-refractivity contribution is 0.0854. The fourth-order valence-corrected chi connectivity index (χ4v) is 4.73. The summed E-state index contributed by atoms with van der Waals surface area (Å²) in [4.78, 5) is 5.75. The molecule has 0 saturated heterocycles. The first kappa shape index (κ1) is 15.0. The van der Waals surface area contributed by atoms with E-state index in [-0.39, 0.29) is 0 Å². The highest BCUT2D eigenvalue weighted by atomic mass is 32.1. The summed E-state index contributed by atoms with van der Waals surface area (Å²) in [6, 6.07) is 0.673. The summed E-state index contributed by atoms with van der Waals surface area (Å²) in [6.07, 6.45) is 5.07. The lowest BCUT2D eigenvalue weighted by Gasteiger charge is -2.45. The number of hydrogen-bond donors (Lipinski definition) is 1. The Labute approximate surface area is 122 Å². The Kier molecular flexibility index (Phi) is 4.36. The van der Waals surface area contributed by atoms with Gasteiger partial charge >= 0.3 is 0 Å². The zero-order chi connectivity index (χ0) is 14.1. The molecule has 1 aliphatic carbocycles. The topological polar surface area (TPSA) is 24.9 Å². The van der Waals surface area contributed by atoms with E-state index in [0.29, 0.717) is 16.9 Å². The molecule has 1 fully saturated rings. The molecule has 2 rings (SSSR count). The first-order valence-electron chi connectivity index (χ1n) is 7.40. The first-order valence-corrected chi connectivity index (χ1v) is 8.28. The highest BCUT2D eigenvalue weighted by Crippen LogP contribution is 2.45. The van der Waals surface area contributed by atoms with Gasteiger partial charge in [-0.3, -0.25) is 0 Å². The fourth-order valence-electron chi connectivity index (χ4n) is 3.95. The highest BCUT2D eigenvalue weighted by molar-refractivity contribution is 7.09. The summed E-state index contributed by atoms with van der Waals surface area (Å²) in [5, 5.41) is 3.78. The number of aryl methyl sites for hydroxylation is 1. The number of nitrogens with zero attached hydrogens (tertiary/aromatic N) is 1. The van der Waals surface area contributed by atoms with Gasteiger partial charge in [0.2, 0.25) is 0 Å². The third-order valence-electron chi connectivity index (χ3n) is 4.19. The maximum Gasteiger partial charge on any atom is 0.0797 e. The predicted octanol–water partition coefficient (Wildman–Crippen LogP) is 4.19. The molecule has 0 aromatic carbocycles. The Morgan fingerprint density at radius 1 is 1.26 bits per heavy atom. The van der Waals surface area contributed by atoms with E-state index in [9.17, 15) is 0 Å². The molecule has 1 aromatic heterocycles. The Balaban J connectivity index is 1.84. The molecule has 0 bridgehead atoms. The van der Waals surface area contributed by atoms with Crippen molar-refractivity contribution in [3.8, 4) is 0 Å². The van der Waals surface area contributed by atoms with E-state index in [1.54, 1.807) is 11.3 Å². The summed E-state index contributed by atoms with van der Waals surface area (Å²) in [6.45, 7) is 12.8. The van der Waals surface area contributed by atoms with Crippen LogP contribution in [0.2, 0.25) is 0 Å². The van der Waals surface area contributed by atoms with Crippen LogP contribution in [0.1, 0.15) is 57.5 Å². The Bertz CT molecular complexity index is 404. The minimum Gasteiger partial charge on any atom is -0.314 e. The van der Waals surface area contributed by atoms with Crippen molar-refractivity contribution in [2.75, 3.05) is 6.54 Å². The molecule has 3 heteroatoms. The van der Waals surface area contributed by atoms with Crippen LogP contribution in [0.5, 0.6) is 0 Å². The van der Waals surface area contributed by atoms with Gasteiger partial charge in [-0.15, -0.1) is 11.3 Å². The Hall–Kier alpha value is -0.410. The molecule has 1 aromatic rings. The van der Waals surface area contributed by atoms with Gasteiger partial charge in [0.05, 0.1) is 11.2 Å². The van der Waals surface area contributed by atoms with Gasteiger partial charge in [-0.2, -0.15) is 0 Å². The van der Waals surface area contributed by atoms with E-state index in [0.717, 1.165) is 13.0 Å². The highest BCUT2D eigenvalue weighted by Gasteiger charge is 2.37. The Morgan fingerprint density at radius 2 is 1.89 bits per heavy atom. The number of aromatic nitrogens is 1. The summed E-state index contributed by atoms with van der Waals surface area (Å²) in [7, 11) is 0. The molecule has 0 amide bonds. The van der Waals surface area contributed by atoms with Crippen LogP contribution >= 0.6 is 11.3 Å². The molecule has 1 aliphatic rings. The molecule has 1 N–H and O–H groups in total. The molecule has 2 nitrogen and oxygen atoms in total. The third kappa shape index (κ3) is 4.28. The van der Waals surface area contributed by atoms with Crippen molar-refractivity contribution in [3.05, 3.63) is 16.1 Å². The summed E-state index contributed by atoms with van der Waals surface area (Å²) in [5.74, 6) is 0. The zero-order valence-electron chi connectivity index (χ0n) is 13.0. The van der Waals surface area contributed by atoms with Gasteiger partial charge in [0.1, 0.15) is 0 Å². The second-order valence-electron chi connectivity index (χ2n) is 7.68. The second kappa shape index (κ2) is 5.53. The molecular formula is C16H28N2S. The first-order chi connectivity index (χ1) is 8.77. The van der Waals surface area contributed by atoms with Crippen LogP contribution < -0.4 is 5.32 Å². The molecule has 0 radical (unpaired) electrons. The van der Waals surface area contributed by atoms with Gasteiger partial charge in [0.25, 0.3) is 0 Å². The largest absolute Gasteiger partial charge is 0.314 e. The predicted molar refractivity (Wildman–Crippen MR) is 83.8 cm³/mol. The molecule has 1 heterocycles. The molecule has 0 aliphatic heterocycles. The smallest absolute Gasteiger partial charge is 0.0797 e. The van der Waals surface area contributed by atoms with Gasteiger partial charge in [-0.25, -0.2) is 4.98 Å². The van der Waals surface area contributed by atoms with Crippen LogP contribution in [0.25, 0.3) is 0 Å². The van der Waals surface area contributed by atoms with Crippen molar-refractivity contribution in [3.63, 3.8) is 0 Å². The fraction of sp³-hybridized carbons (Fsp3) is 0.812. The third-order valence-corrected chi connectivity index (χ3v) is 5.18. The average molecular weight is 280 g/mol. The molecule has 19 heavy (non-hydrogen) atoms. The van der Waals surface area contributed by atoms with E-state index in [1.165, 1.54) is 29.8 Å². The van der Waals surface area contributed by atoms with Gasteiger partial charge in [0.15, 0.2) is 0 Å². The zero-order valence-corrected chi connectivity index (χ0v) is 13.9. The SMILES string of the molecule is Cc1ncsc1CCNC1CC(C)(C)CC(C)(C)C1. The molecule has 108 valence electrons. The van der Waals surface area contributed by atoms with Gasteiger partial charge < -0.3 is 5.32 Å². The van der Waals surface area contributed by atoms with E-state index in [2.05, 4.69) is 44.9 Å². The van der Waals surface area contributed by atoms with Crippen LogP contribution in [-0.4, -0.2) is 17.6 Å². The van der Waals surface area contributed by atoms with Crippen LogP contribution in [0.4, 0.5) is 0 Å². The summed E-state index contributed by atoms with van der Waals surface area (Å²) in [5.41, 5.74) is 4.10. The summed E-state index contributed by atoms with van der Waals surface area (Å²) < 4.78 is 0. The number of hydrogen-bond acceptors (Lipinski definition) is 3. The minimum atomic E-state index is 0.472. The van der Waals surface area contributed by atoms with Crippen molar-refractivity contribution in [2.45, 2.75) is 66.3 Å². The molecule has 0 unspecified atom stereocenters. The number of nitrogens with one attached hydrogen (secondary N) is 1. The lowest BCUT2D eigenvalue weighted by atomic mass is 9.63. The lowest BCUT2D eigenvalue weighted by Crippen LogP contribution is -2.44. The van der Waals surface area contributed by atoms with Gasteiger partial charge in [0, 0.05) is 17.5 Å². The summed E-state index contributed by atoms with van der Waals surface area (Å²) >= 11 is 1.78. The molecule has 0 spiro atoms. The normalized spacial score (nSPS) is 22.6. The van der Waals surface area contributed by atoms with E-state index in [1.807, 2.05) is 5.51 Å². The standard InChI is InChI=1S/C16H28N2S/c1-12-14(19-11-18-12)6-7-17-13-8-15(2,3)10-16(4,5)9-13/h11,13,17H,6-10H2,1-5H3. The van der Waals surface area contributed by atoms with Crippen LogP contribution in [0.3, 0.4) is 0 Å². The second-order valence-corrected chi connectivity index (χ2v) is 8.61. The molecule has 0 atom stereocenters. The van der Waals surface area contributed by atoms with Crippen molar-refractivity contribution >= 4 is 11.3 Å². The average Bonchev–Trinajstić information content (AvgIpc) is 2.59. The van der Waals surface area contributed by atoms with Crippen molar-refractivity contribution in [2.24, 2.45) is 10.8 Å². The minimum absolute atomic E-state index is 0.472. The van der Waals surface area contributed by atoms with Crippen LogP contribution in [-0.2, 0) is 6.42 Å². The number of thiazole rings is 1. The van der Waals surface area contributed by atoms with Crippen LogP contribution in [0.15, 0.2) is 5.51 Å². The van der Waals surface area contributed by atoms with E-state index < -0.39 is 0 Å². The molecular weight excluding hydrogens is 252 g/mol. The Morgan fingerprint density at radius 3 is 2.42 bits per heavy atom. The van der Waals surface area contributed by atoms with E-state index >= 15 is 0 Å². The van der Waals surface area contributed by atoms with Crippen molar-refractivity contribution < 1.29 is 0 Å². The monoisotopic (exact) mass is 280 g/mol. The molecule has 1 saturated carbocycles. The van der Waals surface area contributed by atoms with Crippen molar-refractivity contribution in [1.29, 1.82) is 0 Å². The maximum atomic E-state index is 4.32. The van der Waals surface area contributed by atoms with Gasteiger partial charge in [-0.1, -0.05) is 27.7 Å². The maximum absolute atomic E-state index is 4.32. The van der Waals surface area contributed by atoms with Crippen LogP contribution in [0, 0.1) is 17.8 Å². The van der Waals surface area contributed by atoms with E-state index in [4.69, 9.17) is 0 Å². The van der Waals surface area contributed by atoms with Crippen molar-refractivity contribution in [1.82, 2.24) is 10.3 Å².